The van der Waals surface area contributed by atoms with Crippen LogP contribution < -0.4 is 4.74 Å². The highest BCUT2D eigenvalue weighted by Crippen LogP contribution is 2.31. The third-order valence-corrected chi connectivity index (χ3v) is 5.35. The van der Waals surface area contributed by atoms with Crippen LogP contribution in [0.25, 0.3) is 22.8 Å². The van der Waals surface area contributed by atoms with E-state index < -0.39 is 0 Å². The molecule has 2 heterocycles. The van der Waals surface area contributed by atoms with Crippen LogP contribution in [0.15, 0.2) is 53.1 Å². The minimum Gasteiger partial charge on any atom is -0.483 e. The molecule has 1 aliphatic heterocycles. The van der Waals surface area contributed by atoms with Crippen molar-refractivity contribution in [3.8, 4) is 28.6 Å². The Hall–Kier alpha value is -2.86. The van der Waals surface area contributed by atoms with E-state index in [0.29, 0.717) is 39.5 Å². The van der Waals surface area contributed by atoms with Crippen molar-refractivity contribution in [1.82, 2.24) is 15.0 Å². The lowest BCUT2D eigenvalue weighted by Crippen LogP contribution is -2.41. The lowest BCUT2D eigenvalue weighted by molar-refractivity contribution is -0.135. The molecule has 0 spiro atoms. The maximum Gasteiger partial charge on any atom is 0.260 e. The molecule has 1 unspecified atom stereocenters. The van der Waals surface area contributed by atoms with E-state index in [9.17, 15) is 4.79 Å². The monoisotopic (exact) mass is 411 g/mol. The molecule has 0 radical (unpaired) electrons. The fourth-order valence-electron chi connectivity index (χ4n) is 3.50. The molecule has 0 bridgehead atoms. The summed E-state index contributed by atoms with van der Waals surface area (Å²) in [5.41, 5.74) is 1.33. The molecule has 7 heteroatoms. The lowest BCUT2D eigenvalue weighted by atomic mass is 10.0. The average molecular weight is 412 g/mol. The Balaban J connectivity index is 1.50. The summed E-state index contributed by atoms with van der Waals surface area (Å²) >= 11 is 6.22. The highest BCUT2D eigenvalue weighted by molar-refractivity contribution is 6.33. The summed E-state index contributed by atoms with van der Waals surface area (Å²) < 4.78 is 11.2. The van der Waals surface area contributed by atoms with E-state index in [4.69, 9.17) is 20.9 Å². The van der Waals surface area contributed by atoms with Crippen LogP contribution in [0.5, 0.6) is 5.75 Å². The quantitative estimate of drug-likeness (QED) is 0.609. The molecule has 150 valence electrons. The van der Waals surface area contributed by atoms with Crippen molar-refractivity contribution in [3.63, 3.8) is 0 Å². The van der Waals surface area contributed by atoms with Gasteiger partial charge >= 0.3 is 0 Å². The lowest BCUT2D eigenvalue weighted by Gasteiger charge is -2.30. The predicted octanol–water partition coefficient (Wildman–Crippen LogP) is 4.69. The number of hydrogen-bond acceptors (Lipinski definition) is 5. The number of carbonyl (C=O) groups excluding carboxylic acids is 1. The zero-order valence-corrected chi connectivity index (χ0v) is 16.9. The van der Waals surface area contributed by atoms with Gasteiger partial charge in [0.05, 0.1) is 16.1 Å². The standard InChI is InChI=1S/C22H22ClN3O3/c1-15-7-6-12-26(13-15)20(27)14-28-19-11-5-3-9-17(19)21-24-22(29-25-21)16-8-2-4-10-18(16)23/h2-5,8-11,15H,6-7,12-14H2,1H3. The molecule has 1 saturated heterocycles. The van der Waals surface area contributed by atoms with Crippen molar-refractivity contribution in [3.05, 3.63) is 53.6 Å². The van der Waals surface area contributed by atoms with Gasteiger partial charge in [-0.05, 0) is 43.0 Å². The Labute approximate surface area is 174 Å². The first-order valence-electron chi connectivity index (χ1n) is 9.70. The topological polar surface area (TPSA) is 68.5 Å². The number of para-hydroxylation sites is 1. The molecular weight excluding hydrogens is 390 g/mol. The van der Waals surface area contributed by atoms with Gasteiger partial charge in [-0.15, -0.1) is 0 Å². The van der Waals surface area contributed by atoms with E-state index >= 15 is 0 Å². The molecule has 0 saturated carbocycles. The third kappa shape index (κ3) is 4.43. The van der Waals surface area contributed by atoms with Gasteiger partial charge in [-0.1, -0.05) is 47.9 Å². The van der Waals surface area contributed by atoms with Crippen molar-refractivity contribution in [1.29, 1.82) is 0 Å². The molecule has 6 nitrogen and oxygen atoms in total. The van der Waals surface area contributed by atoms with Crippen LogP contribution in [0.2, 0.25) is 5.02 Å². The second-order valence-electron chi connectivity index (χ2n) is 7.27. The van der Waals surface area contributed by atoms with E-state index in [2.05, 4.69) is 17.1 Å². The van der Waals surface area contributed by atoms with Gasteiger partial charge in [0.1, 0.15) is 5.75 Å². The first-order valence-corrected chi connectivity index (χ1v) is 10.1. The molecule has 0 N–H and O–H groups in total. The van der Waals surface area contributed by atoms with Crippen LogP contribution in [-0.2, 0) is 4.79 Å². The van der Waals surface area contributed by atoms with Gasteiger partial charge in [-0.2, -0.15) is 4.98 Å². The highest BCUT2D eigenvalue weighted by Gasteiger charge is 2.22. The van der Waals surface area contributed by atoms with Gasteiger partial charge in [-0.25, -0.2) is 0 Å². The molecule has 4 rings (SSSR count). The second-order valence-corrected chi connectivity index (χ2v) is 7.68. The van der Waals surface area contributed by atoms with Crippen molar-refractivity contribution in [2.45, 2.75) is 19.8 Å². The van der Waals surface area contributed by atoms with Gasteiger partial charge in [-0.3, -0.25) is 4.79 Å². The van der Waals surface area contributed by atoms with Crippen LogP contribution in [0.1, 0.15) is 19.8 Å². The molecule has 1 amide bonds. The second kappa shape index (κ2) is 8.66. The van der Waals surface area contributed by atoms with Crippen LogP contribution in [-0.4, -0.2) is 40.6 Å². The molecular formula is C22H22ClN3O3. The van der Waals surface area contributed by atoms with Crippen molar-refractivity contribution >= 4 is 17.5 Å². The molecule has 0 aliphatic carbocycles. The SMILES string of the molecule is CC1CCCN(C(=O)COc2ccccc2-c2noc(-c3ccccc3Cl)n2)C1. The number of benzene rings is 2. The molecule has 1 atom stereocenters. The van der Waals surface area contributed by atoms with Crippen molar-refractivity contribution < 1.29 is 14.1 Å². The fourth-order valence-corrected chi connectivity index (χ4v) is 3.72. The molecule has 3 aromatic rings. The Morgan fingerprint density at radius 2 is 1.97 bits per heavy atom. The summed E-state index contributed by atoms with van der Waals surface area (Å²) in [6, 6.07) is 14.6. The minimum absolute atomic E-state index is 0.00350. The van der Waals surface area contributed by atoms with E-state index in [1.807, 2.05) is 41.3 Å². The normalized spacial score (nSPS) is 16.6. The first-order chi connectivity index (χ1) is 14.1. The molecule has 1 aliphatic rings. The Morgan fingerprint density at radius 1 is 1.21 bits per heavy atom. The number of amides is 1. The Bertz CT molecular complexity index is 1000. The van der Waals surface area contributed by atoms with Gasteiger partial charge < -0.3 is 14.2 Å². The maximum atomic E-state index is 12.5. The number of carbonyl (C=O) groups is 1. The zero-order chi connectivity index (χ0) is 20.2. The Kier molecular flexibility index (Phi) is 5.81. The number of ether oxygens (including phenoxy) is 1. The van der Waals surface area contributed by atoms with Crippen molar-refractivity contribution in [2.24, 2.45) is 5.92 Å². The number of hydrogen-bond donors (Lipinski definition) is 0. The Morgan fingerprint density at radius 3 is 2.76 bits per heavy atom. The summed E-state index contributed by atoms with van der Waals surface area (Å²) in [6.45, 7) is 3.73. The van der Waals surface area contributed by atoms with E-state index in [1.165, 1.54) is 6.42 Å². The zero-order valence-electron chi connectivity index (χ0n) is 16.2. The van der Waals surface area contributed by atoms with Gasteiger partial charge in [0, 0.05) is 13.1 Å². The highest BCUT2D eigenvalue weighted by atomic mass is 35.5. The largest absolute Gasteiger partial charge is 0.483 e. The summed E-state index contributed by atoms with van der Waals surface area (Å²) in [4.78, 5) is 18.9. The van der Waals surface area contributed by atoms with E-state index in [-0.39, 0.29) is 12.5 Å². The van der Waals surface area contributed by atoms with Crippen LogP contribution >= 0.6 is 11.6 Å². The minimum atomic E-state index is -0.0149. The van der Waals surface area contributed by atoms with E-state index in [0.717, 1.165) is 19.5 Å². The van der Waals surface area contributed by atoms with Gasteiger partial charge in [0.2, 0.25) is 5.82 Å². The van der Waals surface area contributed by atoms with Gasteiger partial charge in [0.15, 0.2) is 6.61 Å². The smallest absolute Gasteiger partial charge is 0.260 e. The number of rotatable bonds is 5. The van der Waals surface area contributed by atoms with Crippen LogP contribution in [0.4, 0.5) is 0 Å². The predicted molar refractivity (Wildman–Crippen MR) is 111 cm³/mol. The molecule has 1 fully saturated rings. The van der Waals surface area contributed by atoms with Crippen LogP contribution in [0.3, 0.4) is 0 Å². The van der Waals surface area contributed by atoms with Crippen LogP contribution in [0, 0.1) is 5.92 Å². The number of likely N-dealkylation sites (tertiary alicyclic amines) is 1. The number of piperidine rings is 1. The maximum absolute atomic E-state index is 12.5. The fraction of sp³-hybridized carbons (Fsp3) is 0.318. The summed E-state index contributed by atoms with van der Waals surface area (Å²) in [6.07, 6.45) is 2.20. The first kappa shape index (κ1) is 19.5. The van der Waals surface area contributed by atoms with E-state index in [1.54, 1.807) is 12.1 Å². The molecule has 29 heavy (non-hydrogen) atoms. The molecule has 1 aromatic heterocycles. The number of aromatic nitrogens is 2. The number of halogens is 1. The molecule has 2 aromatic carbocycles. The summed E-state index contributed by atoms with van der Waals surface area (Å²) in [5, 5.41) is 4.61. The number of nitrogens with zero attached hydrogens (tertiary/aromatic N) is 3. The van der Waals surface area contributed by atoms with Gasteiger partial charge in [0.25, 0.3) is 11.8 Å². The third-order valence-electron chi connectivity index (χ3n) is 5.02. The average Bonchev–Trinajstić information content (AvgIpc) is 3.22. The van der Waals surface area contributed by atoms with Crippen molar-refractivity contribution in [2.75, 3.05) is 19.7 Å². The summed E-state index contributed by atoms with van der Waals surface area (Å²) in [5.74, 6) is 1.78. The summed E-state index contributed by atoms with van der Waals surface area (Å²) in [7, 11) is 0.